The molecule has 2 aromatic heterocycles. The largest absolute Gasteiger partial charge is 0.375 e. The molecule has 1 aliphatic carbocycles. The van der Waals surface area contributed by atoms with E-state index in [0.717, 1.165) is 71.5 Å². The van der Waals surface area contributed by atoms with Gasteiger partial charge in [-0.25, -0.2) is 4.98 Å². The fourth-order valence-corrected chi connectivity index (χ4v) is 5.87. The van der Waals surface area contributed by atoms with E-state index >= 15 is 0 Å². The number of H-pyrrole nitrogens is 1. The van der Waals surface area contributed by atoms with Crippen LogP contribution in [0.15, 0.2) is 48.8 Å². The number of aromatic amines is 1. The normalized spacial score (nSPS) is 20.0. The van der Waals surface area contributed by atoms with Crippen LogP contribution in [0.5, 0.6) is 0 Å². The van der Waals surface area contributed by atoms with E-state index in [1.54, 1.807) is 6.20 Å². The molecule has 1 saturated heterocycles. The van der Waals surface area contributed by atoms with Crippen molar-refractivity contribution in [2.75, 3.05) is 18.5 Å². The molecule has 2 atom stereocenters. The van der Waals surface area contributed by atoms with E-state index in [4.69, 9.17) is 21.3 Å². The number of anilines is 1. The number of carbonyl (C=O) groups excluding carboxylic acids is 1. The van der Waals surface area contributed by atoms with Gasteiger partial charge in [-0.05, 0) is 98.9 Å². The molecule has 40 heavy (non-hydrogen) atoms. The standard InChI is InChI=1S/C32H36ClN5O2/c1-19-12-26-27(13-20(19)2)37-30(36-26)29-18-40-23(16-35-29)8-9-24-21(3)15-34-17-28(24)38-31(39)32(10-11-32)14-22-6-4-5-7-25(22)33/h4-7,12-13,15,17,23,29,35H,8-11,14,16,18H2,1-3H3,(H,36,37)(H,38,39)/t23-,29+/m1/s1. The van der Waals surface area contributed by atoms with Crippen molar-refractivity contribution in [3.05, 3.63) is 87.5 Å². The van der Waals surface area contributed by atoms with Crippen LogP contribution in [0.25, 0.3) is 11.0 Å². The van der Waals surface area contributed by atoms with Crippen molar-refractivity contribution >= 4 is 34.2 Å². The Morgan fingerprint density at radius 2 is 1.93 bits per heavy atom. The number of imidazole rings is 1. The number of benzene rings is 2. The lowest BCUT2D eigenvalue weighted by atomic mass is 9.94. The summed E-state index contributed by atoms with van der Waals surface area (Å²) >= 11 is 6.39. The van der Waals surface area contributed by atoms with E-state index in [1.165, 1.54) is 11.1 Å². The number of pyridine rings is 1. The monoisotopic (exact) mass is 557 g/mol. The van der Waals surface area contributed by atoms with Crippen LogP contribution in [0.1, 0.15) is 58.9 Å². The van der Waals surface area contributed by atoms with E-state index in [9.17, 15) is 4.79 Å². The number of fused-ring (bicyclic) bond motifs is 1. The maximum atomic E-state index is 13.4. The van der Waals surface area contributed by atoms with E-state index in [-0.39, 0.29) is 18.1 Å². The van der Waals surface area contributed by atoms with Gasteiger partial charge in [0.2, 0.25) is 5.91 Å². The molecular weight excluding hydrogens is 522 g/mol. The van der Waals surface area contributed by atoms with Crippen LogP contribution >= 0.6 is 11.6 Å². The van der Waals surface area contributed by atoms with Crippen LogP contribution in [0.4, 0.5) is 5.69 Å². The van der Waals surface area contributed by atoms with E-state index in [1.807, 2.05) is 30.5 Å². The Kier molecular flexibility index (Phi) is 7.38. The summed E-state index contributed by atoms with van der Waals surface area (Å²) in [4.78, 5) is 26.1. The summed E-state index contributed by atoms with van der Waals surface area (Å²) in [5.74, 6) is 0.968. The predicted molar refractivity (Wildman–Crippen MR) is 159 cm³/mol. The molecule has 3 heterocycles. The van der Waals surface area contributed by atoms with Gasteiger partial charge >= 0.3 is 0 Å². The average Bonchev–Trinajstić information content (AvgIpc) is 3.62. The first-order valence-electron chi connectivity index (χ1n) is 14.1. The van der Waals surface area contributed by atoms with Gasteiger partial charge in [-0.15, -0.1) is 0 Å². The van der Waals surface area contributed by atoms with Crippen LogP contribution in [0.2, 0.25) is 5.02 Å². The van der Waals surface area contributed by atoms with Crippen molar-refractivity contribution in [2.45, 2.75) is 65.0 Å². The third kappa shape index (κ3) is 5.51. The number of ether oxygens (including phenoxy) is 1. The fraction of sp³-hybridized carbons (Fsp3) is 0.406. The highest BCUT2D eigenvalue weighted by molar-refractivity contribution is 6.31. The number of hydrogen-bond donors (Lipinski definition) is 3. The minimum Gasteiger partial charge on any atom is -0.375 e. The van der Waals surface area contributed by atoms with Gasteiger partial charge < -0.3 is 20.4 Å². The number of aromatic nitrogens is 3. The number of nitrogens with zero attached hydrogens (tertiary/aromatic N) is 2. The Bertz CT molecular complexity index is 1510. The molecular formula is C32H36ClN5O2. The van der Waals surface area contributed by atoms with Gasteiger partial charge in [0.1, 0.15) is 5.82 Å². The van der Waals surface area contributed by atoms with E-state index in [2.05, 4.69) is 53.5 Å². The highest BCUT2D eigenvalue weighted by atomic mass is 35.5. The van der Waals surface area contributed by atoms with Crippen molar-refractivity contribution in [3.63, 3.8) is 0 Å². The summed E-state index contributed by atoms with van der Waals surface area (Å²) in [6.45, 7) is 7.59. The Balaban J connectivity index is 1.07. The molecule has 6 rings (SSSR count). The Morgan fingerprint density at radius 3 is 2.67 bits per heavy atom. The van der Waals surface area contributed by atoms with Crippen molar-refractivity contribution in [3.8, 4) is 0 Å². The lowest BCUT2D eigenvalue weighted by Crippen LogP contribution is -2.41. The van der Waals surface area contributed by atoms with Gasteiger partial charge in [0.25, 0.3) is 0 Å². The van der Waals surface area contributed by atoms with Gasteiger partial charge in [-0.2, -0.15) is 0 Å². The van der Waals surface area contributed by atoms with Gasteiger partial charge in [0.15, 0.2) is 0 Å². The molecule has 2 aromatic carbocycles. The maximum Gasteiger partial charge on any atom is 0.230 e. The number of rotatable bonds is 8. The minimum atomic E-state index is -0.397. The number of nitrogens with one attached hydrogen (secondary N) is 3. The summed E-state index contributed by atoms with van der Waals surface area (Å²) in [6.07, 6.45) is 7.74. The molecule has 0 spiro atoms. The van der Waals surface area contributed by atoms with Gasteiger partial charge in [0.05, 0.1) is 47.1 Å². The Hall–Kier alpha value is -3.26. The number of hydrogen-bond acceptors (Lipinski definition) is 5. The zero-order chi connectivity index (χ0) is 27.9. The second-order valence-electron chi connectivity index (χ2n) is 11.5. The molecule has 208 valence electrons. The first-order chi connectivity index (χ1) is 19.3. The third-order valence-electron chi connectivity index (χ3n) is 8.60. The second-order valence-corrected chi connectivity index (χ2v) is 11.9. The summed E-state index contributed by atoms with van der Waals surface area (Å²) in [7, 11) is 0. The molecule has 1 saturated carbocycles. The smallest absolute Gasteiger partial charge is 0.230 e. The number of carbonyl (C=O) groups is 1. The number of amides is 1. The Labute approximate surface area is 240 Å². The van der Waals surface area contributed by atoms with Crippen LogP contribution in [-0.4, -0.2) is 40.1 Å². The predicted octanol–water partition coefficient (Wildman–Crippen LogP) is 6.16. The number of morpholine rings is 1. The maximum absolute atomic E-state index is 13.4. The Morgan fingerprint density at radius 1 is 1.12 bits per heavy atom. The molecule has 1 amide bonds. The topological polar surface area (TPSA) is 91.9 Å². The van der Waals surface area contributed by atoms with Crippen molar-refractivity contribution < 1.29 is 9.53 Å². The minimum absolute atomic E-state index is 0.0367. The highest BCUT2D eigenvalue weighted by Gasteiger charge is 2.50. The van der Waals surface area contributed by atoms with Crippen molar-refractivity contribution in [2.24, 2.45) is 5.41 Å². The van der Waals surface area contributed by atoms with Gasteiger partial charge in [-0.1, -0.05) is 29.8 Å². The first kappa shape index (κ1) is 26.9. The second kappa shape index (κ2) is 11.0. The number of aryl methyl sites for hydroxylation is 3. The zero-order valence-electron chi connectivity index (χ0n) is 23.3. The molecule has 0 radical (unpaired) electrons. The lowest BCUT2D eigenvalue weighted by Gasteiger charge is -2.29. The van der Waals surface area contributed by atoms with Crippen LogP contribution < -0.4 is 10.6 Å². The number of halogens is 1. The van der Waals surface area contributed by atoms with Crippen molar-refractivity contribution in [1.29, 1.82) is 0 Å². The molecule has 1 aliphatic heterocycles. The first-order valence-corrected chi connectivity index (χ1v) is 14.5. The summed E-state index contributed by atoms with van der Waals surface area (Å²) in [5.41, 5.74) is 8.16. The van der Waals surface area contributed by atoms with Crippen LogP contribution in [-0.2, 0) is 22.4 Å². The van der Waals surface area contributed by atoms with Gasteiger partial charge in [-0.3, -0.25) is 9.78 Å². The SMILES string of the molecule is Cc1cc2nc([C@@H]3CO[C@H](CCc4c(C)cncc4NC(=O)C4(Cc5ccccc5Cl)CC4)CN3)[nH]c2cc1C. The molecule has 0 unspecified atom stereocenters. The molecule has 4 aromatic rings. The summed E-state index contributed by atoms with van der Waals surface area (Å²) in [6, 6.07) is 12.1. The molecule has 7 nitrogen and oxygen atoms in total. The molecule has 2 fully saturated rings. The van der Waals surface area contributed by atoms with Crippen molar-refractivity contribution in [1.82, 2.24) is 20.3 Å². The van der Waals surface area contributed by atoms with Crippen LogP contribution in [0.3, 0.4) is 0 Å². The highest BCUT2D eigenvalue weighted by Crippen LogP contribution is 2.50. The molecule has 2 aliphatic rings. The third-order valence-corrected chi connectivity index (χ3v) is 8.96. The van der Waals surface area contributed by atoms with E-state index < -0.39 is 5.41 Å². The van der Waals surface area contributed by atoms with Gasteiger partial charge in [0, 0.05) is 17.8 Å². The fourth-order valence-electron chi connectivity index (χ4n) is 5.67. The quantitative estimate of drug-likeness (QED) is 0.241. The molecule has 8 heteroatoms. The zero-order valence-corrected chi connectivity index (χ0v) is 24.1. The van der Waals surface area contributed by atoms with Crippen LogP contribution in [0, 0.1) is 26.2 Å². The summed E-state index contributed by atoms with van der Waals surface area (Å²) < 4.78 is 6.27. The average molecular weight is 558 g/mol. The summed E-state index contributed by atoms with van der Waals surface area (Å²) in [5, 5.41) is 7.55. The molecule has 0 bridgehead atoms. The van der Waals surface area contributed by atoms with E-state index in [0.29, 0.717) is 18.1 Å². The molecule has 3 N–H and O–H groups in total. The lowest BCUT2D eigenvalue weighted by molar-refractivity contribution is -0.121.